The van der Waals surface area contributed by atoms with Gasteiger partial charge in [-0.1, -0.05) is 96.1 Å². The Morgan fingerprint density at radius 3 is 1.70 bits per heavy atom. The van der Waals surface area contributed by atoms with Gasteiger partial charge in [-0.2, -0.15) is 8.61 Å². The Bertz CT molecular complexity index is 1980. The van der Waals surface area contributed by atoms with Gasteiger partial charge in [-0.15, -0.1) is 0 Å². The monoisotopic (exact) mass is 652 g/mol. The summed E-state index contributed by atoms with van der Waals surface area (Å²) in [4.78, 5) is 0.595. The lowest BCUT2D eigenvalue weighted by Gasteiger charge is -2.48. The highest BCUT2D eigenvalue weighted by Gasteiger charge is 2.70. The van der Waals surface area contributed by atoms with E-state index in [2.05, 4.69) is 48.5 Å². The Morgan fingerprint density at radius 1 is 0.565 bits per heavy atom. The van der Waals surface area contributed by atoms with Gasteiger partial charge >= 0.3 is 0 Å². The molecule has 2 aliphatic carbocycles. The molecule has 8 heteroatoms. The van der Waals surface area contributed by atoms with E-state index in [-0.39, 0.29) is 41.2 Å². The van der Waals surface area contributed by atoms with Crippen LogP contribution in [0.5, 0.6) is 0 Å². The molecule has 0 N–H and O–H groups in total. The lowest BCUT2D eigenvalue weighted by molar-refractivity contribution is 0.0976. The molecule has 0 amide bonds. The van der Waals surface area contributed by atoms with Crippen molar-refractivity contribution in [2.75, 3.05) is 19.6 Å². The molecule has 2 saturated heterocycles. The van der Waals surface area contributed by atoms with Crippen molar-refractivity contribution in [3.05, 3.63) is 131 Å². The number of nitrogens with zero attached hydrogens (tertiary/aromatic N) is 2. The standard InChI is InChI=1S/C38H40N2O4S2/c1-27-13-17-33(18-14-27)45(41,42)39-24-32-22-38(32,30-11-7-4-8-12-30)35(26-39)36-23-37(29-9-5-3-6-10-29)21-31(37)25-40(36)46(43,44)34-19-15-28(2)16-20-34/h3-20,31-32,35-36H,21-26H2,1-2H3/t31-,32+,35?,36?,37+,38-/m1/s1. The summed E-state index contributed by atoms with van der Waals surface area (Å²) >= 11 is 0. The lowest BCUT2D eigenvalue weighted by Crippen LogP contribution is -2.58. The largest absolute Gasteiger partial charge is 0.243 e. The number of hydrogen-bond donors (Lipinski definition) is 0. The first-order chi connectivity index (χ1) is 22.1. The van der Waals surface area contributed by atoms with Gasteiger partial charge in [0.05, 0.1) is 9.79 Å². The molecule has 6 nitrogen and oxygen atoms in total. The maximum Gasteiger partial charge on any atom is 0.243 e. The second-order valence-corrected chi connectivity index (χ2v) is 18.0. The number of piperidine rings is 2. The minimum atomic E-state index is -3.85. The molecule has 4 aromatic carbocycles. The highest BCUT2D eigenvalue weighted by molar-refractivity contribution is 7.89. The number of fused-ring (bicyclic) bond motifs is 2. The molecule has 238 valence electrons. The van der Waals surface area contributed by atoms with Gasteiger partial charge in [0.2, 0.25) is 20.0 Å². The molecule has 2 unspecified atom stereocenters. The third-order valence-corrected chi connectivity index (χ3v) is 15.4. The van der Waals surface area contributed by atoms with Gasteiger partial charge in [-0.05, 0) is 86.3 Å². The van der Waals surface area contributed by atoms with Crippen LogP contribution in [0.3, 0.4) is 0 Å². The minimum Gasteiger partial charge on any atom is -0.207 e. The van der Waals surface area contributed by atoms with Gasteiger partial charge in [-0.25, -0.2) is 16.8 Å². The first-order valence-corrected chi connectivity index (χ1v) is 19.2. The Hall–Kier alpha value is -3.30. The van der Waals surface area contributed by atoms with Crippen LogP contribution in [0.25, 0.3) is 0 Å². The molecule has 46 heavy (non-hydrogen) atoms. The number of benzene rings is 4. The first-order valence-electron chi connectivity index (χ1n) is 16.3. The van der Waals surface area contributed by atoms with Crippen LogP contribution in [0.1, 0.15) is 41.5 Å². The molecule has 0 bridgehead atoms. The normalized spacial score (nSPS) is 31.1. The van der Waals surface area contributed by atoms with Crippen molar-refractivity contribution in [2.24, 2.45) is 17.8 Å². The average molecular weight is 653 g/mol. The molecule has 0 radical (unpaired) electrons. The maximum atomic E-state index is 14.6. The fourth-order valence-corrected chi connectivity index (χ4v) is 12.2. The Balaban J connectivity index is 1.26. The molecule has 2 aliphatic heterocycles. The summed E-state index contributed by atoms with van der Waals surface area (Å²) in [7, 11) is -7.63. The highest BCUT2D eigenvalue weighted by Crippen LogP contribution is 2.68. The zero-order valence-electron chi connectivity index (χ0n) is 26.3. The van der Waals surface area contributed by atoms with E-state index in [0.29, 0.717) is 29.3 Å². The van der Waals surface area contributed by atoms with Crippen LogP contribution in [-0.4, -0.2) is 51.1 Å². The van der Waals surface area contributed by atoms with Gasteiger partial charge in [0, 0.05) is 36.5 Å². The first kappa shape index (κ1) is 30.1. The summed E-state index contributed by atoms with van der Waals surface area (Å²) in [5.41, 5.74) is 4.07. The summed E-state index contributed by atoms with van der Waals surface area (Å²) in [6.45, 7) is 5.06. The van der Waals surface area contributed by atoms with Crippen molar-refractivity contribution in [2.45, 2.75) is 59.8 Å². The molecule has 4 aromatic rings. The number of rotatable bonds is 7. The fourth-order valence-electron chi connectivity index (χ4n) is 8.97. The SMILES string of the molecule is Cc1ccc(S(=O)(=O)N2CC(C3C[C@]4(c5ccccc5)C[C@@H]4CN3S(=O)(=O)c3ccc(C)cc3)[C@@]3(c4ccccc4)C[C@H]3C2)cc1. The van der Waals surface area contributed by atoms with Crippen molar-refractivity contribution in [1.82, 2.24) is 8.61 Å². The molecule has 8 rings (SSSR count). The van der Waals surface area contributed by atoms with Gasteiger partial charge in [0.1, 0.15) is 0 Å². The summed E-state index contributed by atoms with van der Waals surface area (Å²) in [6.07, 6.45) is 2.46. The van der Waals surface area contributed by atoms with Crippen molar-refractivity contribution in [1.29, 1.82) is 0 Å². The van der Waals surface area contributed by atoms with E-state index in [1.807, 2.05) is 50.2 Å². The van der Waals surface area contributed by atoms with E-state index in [1.54, 1.807) is 32.9 Å². The summed E-state index contributed by atoms with van der Waals surface area (Å²) in [6, 6.07) is 34.8. The fraction of sp³-hybridized carbons (Fsp3) is 0.368. The number of aryl methyl sites for hydroxylation is 2. The van der Waals surface area contributed by atoms with Crippen molar-refractivity contribution in [3.63, 3.8) is 0 Å². The predicted molar refractivity (Wildman–Crippen MR) is 179 cm³/mol. The van der Waals surface area contributed by atoms with E-state index < -0.39 is 20.0 Å². The Kier molecular flexibility index (Phi) is 6.93. The third-order valence-electron chi connectivity index (χ3n) is 11.6. The van der Waals surface area contributed by atoms with E-state index in [1.165, 1.54) is 11.1 Å². The van der Waals surface area contributed by atoms with Crippen LogP contribution in [0.4, 0.5) is 0 Å². The third kappa shape index (κ3) is 4.63. The van der Waals surface area contributed by atoms with Crippen molar-refractivity contribution in [3.8, 4) is 0 Å². The second kappa shape index (κ2) is 10.6. The molecule has 4 fully saturated rings. The van der Waals surface area contributed by atoms with Gasteiger partial charge in [0.25, 0.3) is 0 Å². The number of hydrogen-bond acceptors (Lipinski definition) is 4. The molecular formula is C38H40N2O4S2. The minimum absolute atomic E-state index is 0.106. The zero-order chi connectivity index (χ0) is 31.9. The smallest absolute Gasteiger partial charge is 0.207 e. The molecule has 4 aliphatic rings. The van der Waals surface area contributed by atoms with Gasteiger partial charge in [-0.3, -0.25) is 0 Å². The average Bonchev–Trinajstić information content (AvgIpc) is 3.99. The van der Waals surface area contributed by atoms with Crippen LogP contribution < -0.4 is 0 Å². The Labute approximate surface area is 273 Å². The molecular weight excluding hydrogens is 613 g/mol. The van der Waals surface area contributed by atoms with Crippen LogP contribution in [-0.2, 0) is 30.9 Å². The predicted octanol–water partition coefficient (Wildman–Crippen LogP) is 6.30. The maximum absolute atomic E-state index is 14.6. The van der Waals surface area contributed by atoms with Crippen LogP contribution >= 0.6 is 0 Å². The molecule has 2 heterocycles. The van der Waals surface area contributed by atoms with Crippen molar-refractivity contribution >= 4 is 20.0 Å². The second-order valence-electron chi connectivity index (χ2n) is 14.1. The van der Waals surface area contributed by atoms with Gasteiger partial charge in [0.15, 0.2) is 0 Å². The Morgan fingerprint density at radius 2 is 1.11 bits per heavy atom. The van der Waals surface area contributed by atoms with E-state index in [9.17, 15) is 16.8 Å². The van der Waals surface area contributed by atoms with Gasteiger partial charge < -0.3 is 0 Å². The zero-order valence-corrected chi connectivity index (χ0v) is 27.9. The van der Waals surface area contributed by atoms with Crippen LogP contribution in [0.15, 0.2) is 119 Å². The van der Waals surface area contributed by atoms with E-state index in [0.717, 1.165) is 24.0 Å². The molecule has 2 saturated carbocycles. The molecule has 0 aromatic heterocycles. The topological polar surface area (TPSA) is 74.8 Å². The molecule has 6 atom stereocenters. The quantitative estimate of drug-likeness (QED) is 0.235. The van der Waals surface area contributed by atoms with E-state index in [4.69, 9.17) is 0 Å². The molecule has 0 spiro atoms. The summed E-state index contributed by atoms with van der Waals surface area (Å²) in [5.74, 6) is 0.128. The lowest BCUT2D eigenvalue weighted by atomic mass is 9.70. The highest BCUT2D eigenvalue weighted by atomic mass is 32.2. The van der Waals surface area contributed by atoms with Crippen LogP contribution in [0.2, 0.25) is 0 Å². The van der Waals surface area contributed by atoms with E-state index >= 15 is 0 Å². The number of sulfonamides is 2. The summed E-state index contributed by atoms with van der Waals surface area (Å²) in [5, 5.41) is 0. The van der Waals surface area contributed by atoms with Crippen molar-refractivity contribution < 1.29 is 16.8 Å². The summed E-state index contributed by atoms with van der Waals surface area (Å²) < 4.78 is 61.2. The van der Waals surface area contributed by atoms with Crippen LogP contribution in [0, 0.1) is 31.6 Å².